The lowest BCUT2D eigenvalue weighted by Crippen LogP contribution is -2.31. The van der Waals surface area contributed by atoms with Crippen LogP contribution in [0.4, 0.5) is 11.4 Å². The highest BCUT2D eigenvalue weighted by atomic mass is 16.3. The summed E-state index contributed by atoms with van der Waals surface area (Å²) in [6.07, 6.45) is -0.677. The van der Waals surface area contributed by atoms with Crippen molar-refractivity contribution in [2.45, 2.75) is 26.1 Å². The standard InChI is InChI=1S/C18H20N4O/c1-11(2)17-19-13-6-4-5-7-16(13)22(17)12-8-9-15-14(10-12)20-18(23)21(15)3/h4-11,18,20,23H,1-3H3. The molecule has 0 amide bonds. The third-order valence-corrected chi connectivity index (χ3v) is 4.37. The van der Waals surface area contributed by atoms with Gasteiger partial charge in [0.1, 0.15) is 5.82 Å². The van der Waals surface area contributed by atoms with Gasteiger partial charge in [-0.1, -0.05) is 26.0 Å². The van der Waals surface area contributed by atoms with Crippen LogP contribution in [-0.4, -0.2) is 28.1 Å². The second kappa shape index (κ2) is 4.99. The normalized spacial score (nSPS) is 16.9. The smallest absolute Gasteiger partial charge is 0.205 e. The van der Waals surface area contributed by atoms with E-state index >= 15 is 0 Å². The van der Waals surface area contributed by atoms with Gasteiger partial charge >= 0.3 is 0 Å². The molecule has 0 aliphatic carbocycles. The highest BCUT2D eigenvalue weighted by Gasteiger charge is 2.24. The fraction of sp³-hybridized carbons (Fsp3) is 0.278. The van der Waals surface area contributed by atoms with Gasteiger partial charge in [0.2, 0.25) is 6.35 Å². The Morgan fingerprint density at radius 2 is 1.96 bits per heavy atom. The monoisotopic (exact) mass is 308 g/mol. The van der Waals surface area contributed by atoms with Crippen LogP contribution >= 0.6 is 0 Å². The zero-order valence-electron chi connectivity index (χ0n) is 13.5. The van der Waals surface area contributed by atoms with E-state index in [0.717, 1.165) is 33.9 Å². The summed E-state index contributed by atoms with van der Waals surface area (Å²) in [5, 5.41) is 13.0. The molecular formula is C18H20N4O. The van der Waals surface area contributed by atoms with Crippen LogP contribution in [0.5, 0.6) is 0 Å². The Labute approximate surface area is 135 Å². The number of fused-ring (bicyclic) bond motifs is 2. The van der Waals surface area contributed by atoms with Crippen LogP contribution in [0.15, 0.2) is 42.5 Å². The van der Waals surface area contributed by atoms with Crippen molar-refractivity contribution >= 4 is 22.4 Å². The van der Waals surface area contributed by atoms with Crippen LogP contribution < -0.4 is 10.2 Å². The highest BCUT2D eigenvalue weighted by Crippen LogP contribution is 2.36. The first-order valence-electron chi connectivity index (χ1n) is 7.85. The maximum Gasteiger partial charge on any atom is 0.205 e. The molecule has 1 atom stereocenters. The molecule has 23 heavy (non-hydrogen) atoms. The minimum Gasteiger partial charge on any atom is -0.356 e. The van der Waals surface area contributed by atoms with E-state index in [4.69, 9.17) is 4.98 Å². The summed E-state index contributed by atoms with van der Waals surface area (Å²) in [5.41, 5.74) is 5.09. The minimum atomic E-state index is -0.677. The highest BCUT2D eigenvalue weighted by molar-refractivity contribution is 5.81. The predicted octanol–water partition coefficient (Wildman–Crippen LogP) is 3.29. The fourth-order valence-corrected chi connectivity index (χ4v) is 3.16. The third kappa shape index (κ3) is 2.08. The molecule has 3 aromatic rings. The molecule has 2 N–H and O–H groups in total. The molecule has 1 unspecified atom stereocenters. The molecule has 0 bridgehead atoms. The Bertz CT molecular complexity index is 884. The zero-order chi connectivity index (χ0) is 16.1. The quantitative estimate of drug-likeness (QED) is 0.763. The number of hydrogen-bond acceptors (Lipinski definition) is 4. The van der Waals surface area contributed by atoms with Crippen molar-refractivity contribution in [3.8, 4) is 5.69 Å². The Morgan fingerprint density at radius 3 is 2.74 bits per heavy atom. The third-order valence-electron chi connectivity index (χ3n) is 4.37. The molecule has 0 fully saturated rings. The number of nitrogens with zero attached hydrogens (tertiary/aromatic N) is 3. The molecule has 0 saturated heterocycles. The number of anilines is 2. The van der Waals surface area contributed by atoms with Crippen molar-refractivity contribution in [1.29, 1.82) is 0 Å². The fourth-order valence-electron chi connectivity index (χ4n) is 3.16. The summed E-state index contributed by atoms with van der Waals surface area (Å²) in [6, 6.07) is 14.4. The number of aliphatic hydroxyl groups is 1. The van der Waals surface area contributed by atoms with Crippen LogP contribution in [-0.2, 0) is 0 Å². The summed E-state index contributed by atoms with van der Waals surface area (Å²) >= 11 is 0. The van der Waals surface area contributed by atoms with Crippen molar-refractivity contribution in [3.63, 3.8) is 0 Å². The average Bonchev–Trinajstić information content (AvgIpc) is 3.06. The molecule has 1 aliphatic heterocycles. The van der Waals surface area contributed by atoms with Gasteiger partial charge in [-0.15, -0.1) is 0 Å². The molecule has 0 saturated carbocycles. The largest absolute Gasteiger partial charge is 0.356 e. The molecule has 5 nitrogen and oxygen atoms in total. The van der Waals surface area contributed by atoms with Crippen molar-refractivity contribution < 1.29 is 5.11 Å². The maximum absolute atomic E-state index is 9.95. The summed E-state index contributed by atoms with van der Waals surface area (Å²) in [7, 11) is 1.87. The topological polar surface area (TPSA) is 53.3 Å². The van der Waals surface area contributed by atoms with Crippen molar-refractivity contribution in [3.05, 3.63) is 48.3 Å². The van der Waals surface area contributed by atoms with Gasteiger partial charge in [0, 0.05) is 18.7 Å². The maximum atomic E-state index is 9.95. The molecule has 1 aliphatic rings. The van der Waals surface area contributed by atoms with Gasteiger partial charge in [-0.2, -0.15) is 0 Å². The lowest BCUT2D eigenvalue weighted by atomic mass is 10.2. The van der Waals surface area contributed by atoms with E-state index in [1.807, 2.05) is 36.2 Å². The minimum absolute atomic E-state index is 0.317. The van der Waals surface area contributed by atoms with Crippen LogP contribution in [0.2, 0.25) is 0 Å². The zero-order valence-corrected chi connectivity index (χ0v) is 13.5. The summed E-state index contributed by atoms with van der Waals surface area (Å²) in [5.74, 6) is 1.36. The van der Waals surface area contributed by atoms with Gasteiger partial charge in [-0.25, -0.2) is 4.98 Å². The van der Waals surface area contributed by atoms with Crippen LogP contribution in [0, 0.1) is 0 Å². The lowest BCUT2D eigenvalue weighted by molar-refractivity contribution is 0.210. The molecule has 2 aromatic carbocycles. The number of benzene rings is 2. The second-order valence-corrected chi connectivity index (χ2v) is 6.28. The first kappa shape index (κ1) is 14.1. The number of aromatic nitrogens is 2. The van der Waals surface area contributed by atoms with E-state index < -0.39 is 6.35 Å². The van der Waals surface area contributed by atoms with E-state index in [1.54, 1.807) is 0 Å². The van der Waals surface area contributed by atoms with E-state index in [2.05, 4.69) is 41.9 Å². The number of hydrogen-bond donors (Lipinski definition) is 2. The lowest BCUT2D eigenvalue weighted by Gasteiger charge is -2.16. The number of rotatable bonds is 2. The molecule has 0 spiro atoms. The molecule has 1 aromatic heterocycles. The van der Waals surface area contributed by atoms with E-state index in [9.17, 15) is 5.11 Å². The van der Waals surface area contributed by atoms with Crippen molar-refractivity contribution in [1.82, 2.24) is 9.55 Å². The first-order chi connectivity index (χ1) is 11.1. The summed E-state index contributed by atoms with van der Waals surface area (Å²) < 4.78 is 2.20. The van der Waals surface area contributed by atoms with Crippen LogP contribution in [0.1, 0.15) is 25.6 Å². The van der Waals surface area contributed by atoms with Gasteiger partial charge in [-0.05, 0) is 30.3 Å². The number of nitrogens with one attached hydrogen (secondary N) is 1. The Balaban J connectivity index is 1.93. The number of imidazole rings is 1. The summed E-state index contributed by atoms with van der Waals surface area (Å²) in [6.45, 7) is 4.31. The predicted molar refractivity (Wildman–Crippen MR) is 93.2 cm³/mol. The van der Waals surface area contributed by atoms with Crippen LogP contribution in [0.25, 0.3) is 16.7 Å². The number of aliphatic hydroxyl groups excluding tert-OH is 1. The molecule has 4 rings (SSSR count). The van der Waals surface area contributed by atoms with Crippen LogP contribution in [0.3, 0.4) is 0 Å². The van der Waals surface area contributed by atoms with Gasteiger partial charge in [0.25, 0.3) is 0 Å². The van der Waals surface area contributed by atoms with E-state index in [1.165, 1.54) is 0 Å². The van der Waals surface area contributed by atoms with Crippen molar-refractivity contribution in [2.24, 2.45) is 0 Å². The summed E-state index contributed by atoms with van der Waals surface area (Å²) in [4.78, 5) is 6.61. The Kier molecular flexibility index (Phi) is 3.06. The number of para-hydroxylation sites is 2. The van der Waals surface area contributed by atoms with E-state index in [-0.39, 0.29) is 0 Å². The first-order valence-corrected chi connectivity index (χ1v) is 7.85. The SMILES string of the molecule is CC(C)c1nc2ccccc2n1-c1ccc2c(c1)NC(O)N2C. The second-order valence-electron chi connectivity index (χ2n) is 6.28. The molecular weight excluding hydrogens is 288 g/mol. The molecule has 2 heterocycles. The molecule has 118 valence electrons. The van der Waals surface area contributed by atoms with Gasteiger partial charge in [-0.3, -0.25) is 4.57 Å². The van der Waals surface area contributed by atoms with Crippen molar-refractivity contribution in [2.75, 3.05) is 17.3 Å². The van der Waals surface area contributed by atoms with Gasteiger partial charge in [0.15, 0.2) is 0 Å². The van der Waals surface area contributed by atoms with Gasteiger partial charge in [0.05, 0.1) is 22.4 Å². The van der Waals surface area contributed by atoms with E-state index in [0.29, 0.717) is 5.92 Å². The molecule has 0 radical (unpaired) electrons. The Hall–Kier alpha value is -2.53. The Morgan fingerprint density at radius 1 is 1.17 bits per heavy atom. The average molecular weight is 308 g/mol. The van der Waals surface area contributed by atoms with Gasteiger partial charge < -0.3 is 15.3 Å². The molecule has 5 heteroatoms.